The molecule has 2 heterocycles. The molecular formula is C12H9FN4. The molecule has 2 aromatic heterocycles. The summed E-state index contributed by atoms with van der Waals surface area (Å²) in [5.74, 6) is 0.0407. The molecule has 0 unspecified atom stereocenters. The lowest BCUT2D eigenvalue weighted by Gasteiger charge is -2.04. The first-order chi connectivity index (χ1) is 8.24. The zero-order valence-electron chi connectivity index (χ0n) is 8.84. The Kier molecular flexibility index (Phi) is 2.04. The van der Waals surface area contributed by atoms with Gasteiger partial charge in [0.15, 0.2) is 0 Å². The van der Waals surface area contributed by atoms with Gasteiger partial charge in [0.25, 0.3) is 0 Å². The molecular weight excluding hydrogens is 219 g/mol. The average molecular weight is 228 g/mol. The molecule has 17 heavy (non-hydrogen) atoms. The minimum absolute atomic E-state index is 0.271. The highest BCUT2D eigenvalue weighted by molar-refractivity contribution is 5.66. The van der Waals surface area contributed by atoms with Gasteiger partial charge in [-0.2, -0.15) is 5.10 Å². The van der Waals surface area contributed by atoms with Crippen LogP contribution in [0.1, 0.15) is 0 Å². The molecule has 2 N–H and O–H groups in total. The zero-order valence-corrected chi connectivity index (χ0v) is 8.84. The van der Waals surface area contributed by atoms with Crippen LogP contribution in [-0.2, 0) is 0 Å². The molecule has 0 fully saturated rings. The fourth-order valence-electron chi connectivity index (χ4n) is 1.73. The Morgan fingerprint density at radius 1 is 1.12 bits per heavy atom. The van der Waals surface area contributed by atoms with Crippen molar-refractivity contribution in [2.45, 2.75) is 0 Å². The van der Waals surface area contributed by atoms with E-state index < -0.39 is 0 Å². The Morgan fingerprint density at radius 3 is 2.65 bits per heavy atom. The Balaban J connectivity index is 2.20. The number of anilines is 1. The molecule has 0 aliphatic heterocycles. The quantitative estimate of drug-likeness (QED) is 0.694. The minimum Gasteiger partial charge on any atom is -0.368 e. The number of rotatable bonds is 1. The van der Waals surface area contributed by atoms with Crippen LogP contribution in [0.3, 0.4) is 0 Å². The van der Waals surface area contributed by atoms with Gasteiger partial charge in [-0.15, -0.1) is 0 Å². The lowest BCUT2D eigenvalue weighted by atomic mass is 10.1. The van der Waals surface area contributed by atoms with E-state index in [-0.39, 0.29) is 5.82 Å². The minimum atomic E-state index is -0.271. The molecule has 0 aliphatic rings. The largest absolute Gasteiger partial charge is 0.368 e. The van der Waals surface area contributed by atoms with Crippen LogP contribution in [-0.4, -0.2) is 14.6 Å². The molecule has 84 valence electrons. The predicted octanol–water partition coefficient (Wildman–Crippen LogP) is 2.12. The van der Waals surface area contributed by atoms with Gasteiger partial charge in [0.1, 0.15) is 5.82 Å². The highest BCUT2D eigenvalue weighted by Crippen LogP contribution is 2.20. The van der Waals surface area contributed by atoms with Crippen LogP contribution in [0.15, 0.2) is 42.6 Å². The Labute approximate surface area is 96.5 Å². The van der Waals surface area contributed by atoms with Crippen molar-refractivity contribution in [1.29, 1.82) is 0 Å². The molecule has 0 saturated heterocycles. The second-order valence-corrected chi connectivity index (χ2v) is 3.67. The second kappa shape index (κ2) is 3.55. The number of aromatic nitrogens is 3. The maximum Gasteiger partial charge on any atom is 0.222 e. The molecule has 0 saturated carbocycles. The van der Waals surface area contributed by atoms with Crippen molar-refractivity contribution in [3.8, 4) is 11.3 Å². The summed E-state index contributed by atoms with van der Waals surface area (Å²) in [6.07, 6.45) is 1.65. The molecule has 4 nitrogen and oxygen atoms in total. The van der Waals surface area contributed by atoms with E-state index >= 15 is 0 Å². The lowest BCUT2D eigenvalue weighted by molar-refractivity contribution is 0.628. The SMILES string of the molecule is Nc1nc(-c2ccc(F)cc2)cc2ccnn12. The van der Waals surface area contributed by atoms with Crippen LogP contribution in [0.25, 0.3) is 16.8 Å². The second-order valence-electron chi connectivity index (χ2n) is 3.67. The molecule has 0 amide bonds. The predicted molar refractivity (Wildman–Crippen MR) is 62.8 cm³/mol. The molecule has 3 rings (SSSR count). The topological polar surface area (TPSA) is 56.2 Å². The van der Waals surface area contributed by atoms with E-state index in [1.165, 1.54) is 12.1 Å². The third kappa shape index (κ3) is 1.61. The van der Waals surface area contributed by atoms with E-state index in [0.717, 1.165) is 11.1 Å². The molecule has 0 spiro atoms. The number of hydrogen-bond acceptors (Lipinski definition) is 3. The molecule has 0 atom stereocenters. The van der Waals surface area contributed by atoms with Crippen LogP contribution < -0.4 is 5.73 Å². The van der Waals surface area contributed by atoms with Gasteiger partial charge in [-0.05, 0) is 36.4 Å². The molecule has 3 aromatic rings. The summed E-state index contributed by atoms with van der Waals surface area (Å²) in [5.41, 5.74) is 8.17. The first kappa shape index (κ1) is 9.77. The van der Waals surface area contributed by atoms with Gasteiger partial charge in [-0.25, -0.2) is 13.9 Å². The summed E-state index contributed by atoms with van der Waals surface area (Å²) in [7, 11) is 0. The number of benzene rings is 1. The Morgan fingerprint density at radius 2 is 1.88 bits per heavy atom. The molecule has 0 bridgehead atoms. The zero-order chi connectivity index (χ0) is 11.8. The maximum absolute atomic E-state index is 12.8. The highest BCUT2D eigenvalue weighted by Gasteiger charge is 2.05. The maximum atomic E-state index is 12.8. The van der Waals surface area contributed by atoms with Crippen LogP contribution >= 0.6 is 0 Å². The van der Waals surface area contributed by atoms with Gasteiger partial charge in [0.05, 0.1) is 17.4 Å². The van der Waals surface area contributed by atoms with Crippen molar-refractivity contribution in [3.05, 3.63) is 48.4 Å². The van der Waals surface area contributed by atoms with E-state index in [2.05, 4.69) is 10.1 Å². The van der Waals surface area contributed by atoms with Gasteiger partial charge in [0, 0.05) is 5.56 Å². The normalized spacial score (nSPS) is 10.9. The fraction of sp³-hybridized carbons (Fsp3) is 0. The van der Waals surface area contributed by atoms with Crippen molar-refractivity contribution < 1.29 is 4.39 Å². The summed E-state index contributed by atoms with van der Waals surface area (Å²) < 4.78 is 14.4. The van der Waals surface area contributed by atoms with E-state index in [0.29, 0.717) is 11.6 Å². The lowest BCUT2D eigenvalue weighted by Crippen LogP contribution is -2.02. The number of fused-ring (bicyclic) bond motifs is 1. The van der Waals surface area contributed by atoms with Gasteiger partial charge in [-0.3, -0.25) is 0 Å². The van der Waals surface area contributed by atoms with Crippen molar-refractivity contribution in [2.24, 2.45) is 0 Å². The molecule has 5 heteroatoms. The van der Waals surface area contributed by atoms with E-state index in [1.54, 1.807) is 22.8 Å². The smallest absolute Gasteiger partial charge is 0.222 e. The number of nitrogen functional groups attached to an aromatic ring is 1. The van der Waals surface area contributed by atoms with E-state index in [1.807, 2.05) is 12.1 Å². The summed E-state index contributed by atoms with van der Waals surface area (Å²) in [4.78, 5) is 4.23. The molecule has 1 aromatic carbocycles. The Hall–Kier alpha value is -2.43. The third-order valence-corrected chi connectivity index (χ3v) is 2.55. The van der Waals surface area contributed by atoms with Gasteiger partial charge in [0.2, 0.25) is 5.95 Å². The monoisotopic (exact) mass is 228 g/mol. The van der Waals surface area contributed by atoms with Crippen molar-refractivity contribution in [3.63, 3.8) is 0 Å². The fourth-order valence-corrected chi connectivity index (χ4v) is 1.73. The standard InChI is InChI=1S/C12H9FN4/c13-9-3-1-8(2-4-9)11-7-10-5-6-15-17(10)12(14)16-11/h1-7H,(H2,14,16). The van der Waals surface area contributed by atoms with Crippen LogP contribution in [0.5, 0.6) is 0 Å². The molecule has 0 aliphatic carbocycles. The van der Waals surface area contributed by atoms with Gasteiger partial charge >= 0.3 is 0 Å². The summed E-state index contributed by atoms with van der Waals surface area (Å²) in [6.45, 7) is 0. The van der Waals surface area contributed by atoms with Crippen molar-refractivity contribution in [1.82, 2.24) is 14.6 Å². The van der Waals surface area contributed by atoms with Crippen molar-refractivity contribution >= 4 is 11.5 Å². The average Bonchev–Trinajstić information content (AvgIpc) is 2.78. The van der Waals surface area contributed by atoms with E-state index in [9.17, 15) is 4.39 Å². The van der Waals surface area contributed by atoms with Crippen LogP contribution in [0, 0.1) is 5.82 Å². The third-order valence-electron chi connectivity index (χ3n) is 2.55. The summed E-state index contributed by atoms with van der Waals surface area (Å²) in [6, 6.07) is 9.83. The summed E-state index contributed by atoms with van der Waals surface area (Å²) >= 11 is 0. The summed E-state index contributed by atoms with van der Waals surface area (Å²) in [5, 5.41) is 4.04. The van der Waals surface area contributed by atoms with Crippen LogP contribution in [0.4, 0.5) is 10.3 Å². The Bertz CT molecular complexity index is 673. The number of halogens is 1. The first-order valence-corrected chi connectivity index (χ1v) is 5.10. The highest BCUT2D eigenvalue weighted by atomic mass is 19.1. The van der Waals surface area contributed by atoms with Crippen LogP contribution in [0.2, 0.25) is 0 Å². The molecule has 0 radical (unpaired) electrons. The number of hydrogen-bond donors (Lipinski definition) is 1. The van der Waals surface area contributed by atoms with Gasteiger partial charge < -0.3 is 5.73 Å². The number of nitrogens with two attached hydrogens (primary N) is 1. The first-order valence-electron chi connectivity index (χ1n) is 5.10. The van der Waals surface area contributed by atoms with E-state index in [4.69, 9.17) is 5.73 Å². The number of nitrogens with zero attached hydrogens (tertiary/aromatic N) is 3. The van der Waals surface area contributed by atoms with Crippen molar-refractivity contribution in [2.75, 3.05) is 5.73 Å². The van der Waals surface area contributed by atoms with Gasteiger partial charge in [-0.1, -0.05) is 0 Å².